The molecule has 0 spiro atoms. The van der Waals surface area contributed by atoms with Gasteiger partial charge >= 0.3 is 12.0 Å². The Bertz CT molecular complexity index is 882. The van der Waals surface area contributed by atoms with Gasteiger partial charge in [0.15, 0.2) is 0 Å². The molecule has 2 aromatic carbocycles. The first-order chi connectivity index (χ1) is 11.1. The molecule has 1 N–H and O–H groups in total. The second kappa shape index (κ2) is 5.92. The molecule has 23 heavy (non-hydrogen) atoms. The Morgan fingerprint density at radius 3 is 2.57 bits per heavy atom. The van der Waals surface area contributed by atoms with Gasteiger partial charge in [0.25, 0.3) is 0 Å². The zero-order chi connectivity index (χ0) is 16.4. The van der Waals surface area contributed by atoms with Crippen molar-refractivity contribution in [1.82, 2.24) is 9.78 Å². The first-order valence-corrected chi connectivity index (χ1v) is 7.02. The number of benzene rings is 2. The molecule has 0 unspecified atom stereocenters. The number of anilines is 1. The number of aromatic nitrogens is 2. The summed E-state index contributed by atoms with van der Waals surface area (Å²) in [4.78, 5) is 23.7. The van der Waals surface area contributed by atoms with E-state index in [1.165, 1.54) is 11.8 Å². The van der Waals surface area contributed by atoms with Crippen LogP contribution in [-0.4, -0.2) is 28.9 Å². The van der Waals surface area contributed by atoms with E-state index >= 15 is 0 Å². The highest BCUT2D eigenvalue weighted by atomic mass is 16.5. The number of nitrogens with zero attached hydrogens (tertiary/aromatic N) is 2. The standard InChI is InChI=1S/C17H15N3O3/c1-11-3-8-15-13(9-11)10-18-20(15)17(22)19-14-6-4-12(5-7-14)16(21)23-2/h3-10H,1-2H3,(H,19,22). The van der Waals surface area contributed by atoms with Crippen molar-refractivity contribution in [2.24, 2.45) is 0 Å². The summed E-state index contributed by atoms with van der Waals surface area (Å²) in [6.07, 6.45) is 1.66. The van der Waals surface area contributed by atoms with Crippen LogP contribution in [0.25, 0.3) is 10.9 Å². The number of nitrogens with one attached hydrogen (secondary N) is 1. The van der Waals surface area contributed by atoms with Crippen LogP contribution in [0.4, 0.5) is 10.5 Å². The van der Waals surface area contributed by atoms with Crippen LogP contribution in [-0.2, 0) is 4.74 Å². The number of ether oxygens (including phenoxy) is 1. The van der Waals surface area contributed by atoms with Crippen molar-refractivity contribution in [2.75, 3.05) is 12.4 Å². The molecule has 3 aromatic rings. The Labute approximate surface area is 132 Å². The van der Waals surface area contributed by atoms with Crippen molar-refractivity contribution in [1.29, 1.82) is 0 Å². The molecule has 0 saturated heterocycles. The second-order valence-electron chi connectivity index (χ2n) is 5.12. The molecule has 116 valence electrons. The van der Waals surface area contributed by atoms with Gasteiger partial charge in [-0.2, -0.15) is 9.78 Å². The Morgan fingerprint density at radius 1 is 1.13 bits per heavy atom. The third kappa shape index (κ3) is 2.91. The minimum atomic E-state index is -0.420. The fourth-order valence-electron chi connectivity index (χ4n) is 2.30. The molecule has 0 aliphatic carbocycles. The van der Waals surface area contributed by atoms with E-state index in [2.05, 4.69) is 15.2 Å². The summed E-state index contributed by atoms with van der Waals surface area (Å²) in [5.41, 5.74) is 2.83. The topological polar surface area (TPSA) is 73.2 Å². The Balaban J connectivity index is 1.82. The average Bonchev–Trinajstić information content (AvgIpc) is 2.97. The van der Waals surface area contributed by atoms with Gasteiger partial charge in [0.1, 0.15) is 0 Å². The van der Waals surface area contributed by atoms with Crippen LogP contribution in [0.2, 0.25) is 0 Å². The first kappa shape index (κ1) is 14.8. The van der Waals surface area contributed by atoms with E-state index in [0.717, 1.165) is 16.5 Å². The summed E-state index contributed by atoms with van der Waals surface area (Å²) in [6, 6.07) is 11.8. The zero-order valence-corrected chi connectivity index (χ0v) is 12.7. The molecular formula is C17H15N3O3. The maximum Gasteiger partial charge on any atom is 0.347 e. The predicted molar refractivity (Wildman–Crippen MR) is 86.7 cm³/mol. The van der Waals surface area contributed by atoms with Crippen LogP contribution in [0, 0.1) is 6.92 Å². The fraction of sp³-hybridized carbons (Fsp3) is 0.118. The van der Waals surface area contributed by atoms with Crippen LogP contribution >= 0.6 is 0 Å². The van der Waals surface area contributed by atoms with E-state index in [4.69, 9.17) is 0 Å². The number of rotatable bonds is 2. The molecule has 0 radical (unpaired) electrons. The van der Waals surface area contributed by atoms with E-state index in [1.807, 2.05) is 25.1 Å². The van der Waals surface area contributed by atoms with Gasteiger partial charge in [-0.3, -0.25) is 0 Å². The van der Waals surface area contributed by atoms with Gasteiger partial charge in [-0.15, -0.1) is 0 Å². The number of aryl methyl sites for hydroxylation is 1. The number of carbonyl (C=O) groups is 2. The van der Waals surface area contributed by atoms with E-state index < -0.39 is 5.97 Å². The number of amides is 1. The summed E-state index contributed by atoms with van der Waals surface area (Å²) in [7, 11) is 1.32. The lowest BCUT2D eigenvalue weighted by atomic mass is 10.2. The minimum Gasteiger partial charge on any atom is -0.465 e. The van der Waals surface area contributed by atoms with E-state index in [0.29, 0.717) is 11.3 Å². The molecule has 1 aromatic heterocycles. The lowest BCUT2D eigenvalue weighted by Crippen LogP contribution is -2.20. The van der Waals surface area contributed by atoms with Gasteiger partial charge < -0.3 is 10.1 Å². The number of fused-ring (bicyclic) bond motifs is 1. The summed E-state index contributed by atoms with van der Waals surface area (Å²) in [5, 5.41) is 7.77. The molecule has 6 nitrogen and oxygen atoms in total. The number of methoxy groups -OCH3 is 1. The van der Waals surface area contributed by atoms with Crippen LogP contribution in [0.3, 0.4) is 0 Å². The molecule has 0 atom stereocenters. The Hall–Kier alpha value is -3.15. The highest BCUT2D eigenvalue weighted by molar-refractivity contribution is 5.97. The highest BCUT2D eigenvalue weighted by Crippen LogP contribution is 2.16. The van der Waals surface area contributed by atoms with E-state index in [-0.39, 0.29) is 6.03 Å². The molecule has 3 rings (SSSR count). The molecule has 1 heterocycles. The Morgan fingerprint density at radius 2 is 1.87 bits per heavy atom. The van der Waals surface area contributed by atoms with E-state index in [9.17, 15) is 9.59 Å². The van der Waals surface area contributed by atoms with Crippen molar-refractivity contribution in [3.63, 3.8) is 0 Å². The van der Waals surface area contributed by atoms with Gasteiger partial charge in [-0.1, -0.05) is 11.6 Å². The van der Waals surface area contributed by atoms with Crippen molar-refractivity contribution in [3.05, 3.63) is 59.8 Å². The van der Waals surface area contributed by atoms with Crippen molar-refractivity contribution in [2.45, 2.75) is 6.92 Å². The number of carbonyl (C=O) groups excluding carboxylic acids is 2. The summed E-state index contributed by atoms with van der Waals surface area (Å²) in [6.45, 7) is 1.99. The normalized spacial score (nSPS) is 10.5. The zero-order valence-electron chi connectivity index (χ0n) is 12.7. The Kier molecular flexibility index (Phi) is 3.80. The van der Waals surface area contributed by atoms with Crippen LogP contribution in [0.1, 0.15) is 15.9 Å². The van der Waals surface area contributed by atoms with Crippen LogP contribution < -0.4 is 5.32 Å². The van der Waals surface area contributed by atoms with Crippen LogP contribution in [0.15, 0.2) is 48.7 Å². The SMILES string of the molecule is COC(=O)c1ccc(NC(=O)n2ncc3cc(C)ccc32)cc1. The van der Waals surface area contributed by atoms with Crippen molar-refractivity contribution >= 4 is 28.6 Å². The van der Waals surface area contributed by atoms with Gasteiger partial charge in [0.2, 0.25) is 0 Å². The minimum absolute atomic E-state index is 0.366. The summed E-state index contributed by atoms with van der Waals surface area (Å²) < 4.78 is 5.94. The van der Waals surface area contributed by atoms with Gasteiger partial charge in [0.05, 0.1) is 24.4 Å². The molecule has 0 aliphatic rings. The number of hydrogen-bond acceptors (Lipinski definition) is 4. The van der Waals surface area contributed by atoms with Gasteiger partial charge in [-0.25, -0.2) is 9.59 Å². The summed E-state index contributed by atoms with van der Waals surface area (Å²) in [5.74, 6) is -0.420. The number of hydrogen-bond donors (Lipinski definition) is 1. The van der Waals surface area contributed by atoms with Crippen molar-refractivity contribution in [3.8, 4) is 0 Å². The first-order valence-electron chi connectivity index (χ1n) is 7.02. The average molecular weight is 309 g/mol. The molecule has 0 aliphatic heterocycles. The molecule has 6 heteroatoms. The number of esters is 1. The monoisotopic (exact) mass is 309 g/mol. The third-order valence-electron chi connectivity index (χ3n) is 3.47. The van der Waals surface area contributed by atoms with E-state index in [1.54, 1.807) is 30.5 Å². The maximum atomic E-state index is 12.3. The lowest BCUT2D eigenvalue weighted by molar-refractivity contribution is 0.0601. The second-order valence-corrected chi connectivity index (χ2v) is 5.12. The largest absolute Gasteiger partial charge is 0.465 e. The molecule has 1 amide bonds. The van der Waals surface area contributed by atoms with Gasteiger partial charge in [-0.05, 0) is 43.3 Å². The van der Waals surface area contributed by atoms with Crippen molar-refractivity contribution < 1.29 is 14.3 Å². The smallest absolute Gasteiger partial charge is 0.347 e. The molecular weight excluding hydrogens is 294 g/mol. The van der Waals surface area contributed by atoms with Crippen LogP contribution in [0.5, 0.6) is 0 Å². The molecule has 0 saturated carbocycles. The maximum absolute atomic E-state index is 12.3. The highest BCUT2D eigenvalue weighted by Gasteiger charge is 2.11. The quantitative estimate of drug-likeness (QED) is 0.738. The predicted octanol–water partition coefficient (Wildman–Crippen LogP) is 3.21. The summed E-state index contributed by atoms with van der Waals surface area (Å²) >= 11 is 0. The molecule has 0 bridgehead atoms. The lowest BCUT2D eigenvalue weighted by Gasteiger charge is -2.07. The fourth-order valence-corrected chi connectivity index (χ4v) is 2.30. The third-order valence-corrected chi connectivity index (χ3v) is 3.47. The molecule has 0 fully saturated rings. The van der Waals surface area contributed by atoms with Gasteiger partial charge in [0, 0.05) is 11.1 Å².